The maximum Gasteiger partial charge on any atom is 0.0619 e. The summed E-state index contributed by atoms with van der Waals surface area (Å²) in [5.74, 6) is 1.82. The molecule has 0 aromatic carbocycles. The average molecular weight is 239 g/mol. The second-order valence-electron chi connectivity index (χ2n) is 6.44. The quantitative estimate of drug-likeness (QED) is 0.812. The van der Waals surface area contributed by atoms with Gasteiger partial charge in [0, 0.05) is 18.7 Å². The zero-order valence-corrected chi connectivity index (χ0v) is 11.6. The van der Waals surface area contributed by atoms with Gasteiger partial charge in [-0.3, -0.25) is 0 Å². The molecule has 100 valence electrons. The van der Waals surface area contributed by atoms with Crippen LogP contribution in [0, 0.1) is 11.8 Å². The van der Waals surface area contributed by atoms with Crippen LogP contribution < -0.4 is 5.32 Å². The summed E-state index contributed by atoms with van der Waals surface area (Å²) >= 11 is 0. The Labute approximate surface area is 107 Å². The molecule has 2 nitrogen and oxygen atoms in total. The van der Waals surface area contributed by atoms with Crippen LogP contribution in [-0.4, -0.2) is 25.3 Å². The minimum absolute atomic E-state index is 0.631. The second-order valence-corrected chi connectivity index (χ2v) is 6.44. The molecule has 3 atom stereocenters. The van der Waals surface area contributed by atoms with Crippen LogP contribution in [-0.2, 0) is 4.74 Å². The summed E-state index contributed by atoms with van der Waals surface area (Å²) in [6.07, 6.45) is 9.62. The zero-order chi connectivity index (χ0) is 12.1. The molecule has 17 heavy (non-hydrogen) atoms. The summed E-state index contributed by atoms with van der Waals surface area (Å²) in [4.78, 5) is 0. The predicted molar refractivity (Wildman–Crippen MR) is 72.2 cm³/mol. The highest BCUT2D eigenvalue weighted by atomic mass is 16.5. The molecule has 0 amide bonds. The van der Waals surface area contributed by atoms with Crippen LogP contribution in [0.15, 0.2) is 0 Å². The van der Waals surface area contributed by atoms with E-state index in [1.54, 1.807) is 0 Å². The van der Waals surface area contributed by atoms with Crippen LogP contribution >= 0.6 is 0 Å². The molecule has 1 saturated carbocycles. The Morgan fingerprint density at radius 1 is 1.12 bits per heavy atom. The minimum atomic E-state index is 0.631. The van der Waals surface area contributed by atoms with E-state index in [9.17, 15) is 0 Å². The Kier molecular flexibility index (Phi) is 5.30. The lowest BCUT2D eigenvalue weighted by molar-refractivity contribution is 0.0621. The van der Waals surface area contributed by atoms with Crippen molar-refractivity contribution < 1.29 is 4.74 Å². The molecule has 2 heteroatoms. The molecule has 1 aliphatic carbocycles. The lowest BCUT2D eigenvalue weighted by atomic mass is 9.81. The summed E-state index contributed by atoms with van der Waals surface area (Å²) in [6.45, 7) is 6.61. The number of hydrogen-bond donors (Lipinski definition) is 1. The molecule has 2 fully saturated rings. The Morgan fingerprint density at radius 2 is 1.94 bits per heavy atom. The highest BCUT2D eigenvalue weighted by Crippen LogP contribution is 2.29. The maximum absolute atomic E-state index is 5.55. The van der Waals surface area contributed by atoms with Crippen molar-refractivity contribution in [2.45, 2.75) is 70.9 Å². The molecular weight excluding hydrogens is 210 g/mol. The van der Waals surface area contributed by atoms with E-state index < -0.39 is 0 Å². The maximum atomic E-state index is 5.55. The van der Waals surface area contributed by atoms with Crippen LogP contribution in [0.3, 0.4) is 0 Å². The first-order valence-corrected chi connectivity index (χ1v) is 7.58. The lowest BCUT2D eigenvalue weighted by Gasteiger charge is -2.34. The summed E-state index contributed by atoms with van der Waals surface area (Å²) in [7, 11) is 0. The Hall–Kier alpha value is -0.0800. The number of ether oxygens (including phenoxy) is 1. The SMILES string of the molecule is CC(C)CC1CCCC(NC2CCCOC2)C1. The first kappa shape index (κ1) is 13.4. The third-order valence-corrected chi connectivity index (χ3v) is 4.22. The van der Waals surface area contributed by atoms with E-state index in [2.05, 4.69) is 19.2 Å². The van der Waals surface area contributed by atoms with Crippen LogP contribution in [0.25, 0.3) is 0 Å². The first-order chi connectivity index (χ1) is 8.24. The predicted octanol–water partition coefficient (Wildman–Crippen LogP) is 3.36. The van der Waals surface area contributed by atoms with Gasteiger partial charge in [0.2, 0.25) is 0 Å². The molecule has 1 N–H and O–H groups in total. The monoisotopic (exact) mass is 239 g/mol. The molecule has 2 aliphatic rings. The van der Waals surface area contributed by atoms with Crippen molar-refractivity contribution in [2.75, 3.05) is 13.2 Å². The number of nitrogens with one attached hydrogen (secondary N) is 1. The van der Waals surface area contributed by atoms with Gasteiger partial charge in [-0.15, -0.1) is 0 Å². The van der Waals surface area contributed by atoms with Gasteiger partial charge in [0.15, 0.2) is 0 Å². The van der Waals surface area contributed by atoms with Gasteiger partial charge in [-0.25, -0.2) is 0 Å². The average Bonchev–Trinajstić information content (AvgIpc) is 2.30. The lowest BCUT2D eigenvalue weighted by Crippen LogP contribution is -2.45. The van der Waals surface area contributed by atoms with Crippen molar-refractivity contribution in [1.29, 1.82) is 0 Å². The van der Waals surface area contributed by atoms with Gasteiger partial charge in [-0.2, -0.15) is 0 Å². The fourth-order valence-corrected chi connectivity index (χ4v) is 3.53. The summed E-state index contributed by atoms with van der Waals surface area (Å²) in [5, 5.41) is 3.84. The second kappa shape index (κ2) is 6.75. The van der Waals surface area contributed by atoms with E-state index in [1.807, 2.05) is 0 Å². The highest BCUT2D eigenvalue weighted by Gasteiger charge is 2.25. The Morgan fingerprint density at radius 3 is 2.65 bits per heavy atom. The van der Waals surface area contributed by atoms with Crippen molar-refractivity contribution in [3.05, 3.63) is 0 Å². The van der Waals surface area contributed by atoms with Crippen LogP contribution in [0.2, 0.25) is 0 Å². The number of rotatable bonds is 4. The molecule has 1 aliphatic heterocycles. The van der Waals surface area contributed by atoms with Crippen molar-refractivity contribution in [3.63, 3.8) is 0 Å². The molecule has 0 radical (unpaired) electrons. The fourth-order valence-electron chi connectivity index (χ4n) is 3.53. The first-order valence-electron chi connectivity index (χ1n) is 7.58. The molecule has 2 rings (SSSR count). The van der Waals surface area contributed by atoms with Crippen LogP contribution in [0.1, 0.15) is 58.8 Å². The topological polar surface area (TPSA) is 21.3 Å². The van der Waals surface area contributed by atoms with Gasteiger partial charge in [0.1, 0.15) is 0 Å². The van der Waals surface area contributed by atoms with Crippen molar-refractivity contribution in [1.82, 2.24) is 5.32 Å². The standard InChI is InChI=1S/C15H29NO/c1-12(2)9-13-5-3-6-14(10-13)16-15-7-4-8-17-11-15/h12-16H,3-11H2,1-2H3. The number of hydrogen-bond acceptors (Lipinski definition) is 2. The smallest absolute Gasteiger partial charge is 0.0619 e. The zero-order valence-electron chi connectivity index (χ0n) is 11.6. The van der Waals surface area contributed by atoms with E-state index in [0.717, 1.165) is 31.1 Å². The van der Waals surface area contributed by atoms with Crippen LogP contribution in [0.4, 0.5) is 0 Å². The van der Waals surface area contributed by atoms with Gasteiger partial charge >= 0.3 is 0 Å². The van der Waals surface area contributed by atoms with E-state index in [4.69, 9.17) is 4.74 Å². The largest absolute Gasteiger partial charge is 0.380 e. The molecule has 0 aromatic rings. The summed E-state index contributed by atoms with van der Waals surface area (Å²) < 4.78 is 5.55. The highest BCUT2D eigenvalue weighted by molar-refractivity contribution is 4.82. The summed E-state index contributed by atoms with van der Waals surface area (Å²) in [5.41, 5.74) is 0. The van der Waals surface area contributed by atoms with Gasteiger partial charge < -0.3 is 10.1 Å². The normalized spacial score (nSPS) is 35.1. The van der Waals surface area contributed by atoms with E-state index >= 15 is 0 Å². The third-order valence-electron chi connectivity index (χ3n) is 4.22. The van der Waals surface area contributed by atoms with Gasteiger partial charge in [0.25, 0.3) is 0 Å². The fraction of sp³-hybridized carbons (Fsp3) is 1.00. The Balaban J connectivity index is 1.72. The minimum Gasteiger partial charge on any atom is -0.380 e. The van der Waals surface area contributed by atoms with Gasteiger partial charge in [-0.05, 0) is 43.9 Å². The molecule has 0 bridgehead atoms. The van der Waals surface area contributed by atoms with Crippen molar-refractivity contribution in [3.8, 4) is 0 Å². The van der Waals surface area contributed by atoms with Crippen molar-refractivity contribution in [2.24, 2.45) is 11.8 Å². The molecule has 1 saturated heterocycles. The van der Waals surface area contributed by atoms with E-state index in [-0.39, 0.29) is 0 Å². The Bertz CT molecular complexity index is 211. The van der Waals surface area contributed by atoms with Crippen LogP contribution in [0.5, 0.6) is 0 Å². The molecule has 1 heterocycles. The van der Waals surface area contributed by atoms with Gasteiger partial charge in [0.05, 0.1) is 6.61 Å². The molecular formula is C15H29NO. The van der Waals surface area contributed by atoms with Crippen molar-refractivity contribution >= 4 is 0 Å². The third kappa shape index (κ3) is 4.59. The molecule has 0 aromatic heterocycles. The van der Waals surface area contributed by atoms with E-state index in [1.165, 1.54) is 44.9 Å². The molecule has 3 unspecified atom stereocenters. The molecule has 0 spiro atoms. The van der Waals surface area contributed by atoms with E-state index in [0.29, 0.717) is 6.04 Å². The van der Waals surface area contributed by atoms with Gasteiger partial charge in [-0.1, -0.05) is 26.7 Å². The summed E-state index contributed by atoms with van der Waals surface area (Å²) in [6, 6.07) is 1.39.